The molecule has 0 unspecified atom stereocenters. The molecule has 0 spiro atoms. The van der Waals surface area contributed by atoms with Gasteiger partial charge in [0.05, 0.1) is 0 Å². The third-order valence-electron chi connectivity index (χ3n) is 3.12. The fourth-order valence-electron chi connectivity index (χ4n) is 2.19. The van der Waals surface area contributed by atoms with Gasteiger partial charge in [-0.2, -0.15) is 0 Å². The minimum atomic E-state index is -1.29. The number of nitrogens with one attached hydrogen (secondary N) is 1. The number of nitrogens with zero attached hydrogens (tertiary/aromatic N) is 2. The van der Waals surface area contributed by atoms with Crippen LogP contribution in [0.1, 0.15) is 38.1 Å². The zero-order valence-corrected chi connectivity index (χ0v) is 14.2. The molecule has 0 saturated carbocycles. The molecule has 3 N–H and O–H groups in total. The predicted molar refractivity (Wildman–Crippen MR) is 86.3 cm³/mol. The summed E-state index contributed by atoms with van der Waals surface area (Å²) in [7, 11) is 0. The van der Waals surface area contributed by atoms with E-state index >= 15 is 0 Å². The van der Waals surface area contributed by atoms with Crippen molar-refractivity contribution in [2.45, 2.75) is 40.8 Å². The number of carbonyl (C=O) groups excluding carboxylic acids is 1. The minimum Gasteiger partial charge on any atom is -0.494 e. The summed E-state index contributed by atoms with van der Waals surface area (Å²) in [4.78, 5) is 47.6. The molecule has 0 fully saturated rings. The first-order valence-corrected chi connectivity index (χ1v) is 7.62. The second kappa shape index (κ2) is 7.80. The Hall–Kier alpha value is -2.58. The maximum absolute atomic E-state index is 12.5. The summed E-state index contributed by atoms with van der Waals surface area (Å²) in [5.41, 5.74) is -2.26. The van der Waals surface area contributed by atoms with Crippen molar-refractivity contribution >= 4 is 11.9 Å². The molecule has 1 aromatic heterocycles. The molecule has 0 atom stereocenters. The lowest BCUT2D eigenvalue weighted by molar-refractivity contribution is -0.135. The van der Waals surface area contributed by atoms with Gasteiger partial charge in [0, 0.05) is 13.1 Å². The molecule has 1 rings (SSSR count). The first kappa shape index (κ1) is 19.5. The largest absolute Gasteiger partial charge is 0.494 e. The van der Waals surface area contributed by atoms with Gasteiger partial charge in [0.15, 0.2) is 5.56 Å². The molecule has 24 heavy (non-hydrogen) atoms. The molecule has 0 aromatic carbocycles. The van der Waals surface area contributed by atoms with Gasteiger partial charge < -0.3 is 15.5 Å². The molecule has 1 heterocycles. The van der Waals surface area contributed by atoms with Crippen molar-refractivity contribution in [1.82, 2.24) is 14.5 Å². The maximum atomic E-state index is 12.5. The zero-order chi connectivity index (χ0) is 18.6. The highest BCUT2D eigenvalue weighted by atomic mass is 16.4. The summed E-state index contributed by atoms with van der Waals surface area (Å²) in [6.07, 6.45) is 0. The average Bonchev–Trinajstić information content (AvgIpc) is 2.45. The van der Waals surface area contributed by atoms with Crippen molar-refractivity contribution in [2.24, 2.45) is 11.8 Å². The summed E-state index contributed by atoms with van der Waals surface area (Å²) in [5.74, 6) is -3.13. The smallest absolute Gasteiger partial charge is 0.333 e. The number of rotatable bonds is 7. The second-order valence-corrected chi connectivity index (χ2v) is 6.37. The number of amides is 1. The Kier molecular flexibility index (Phi) is 6.33. The fourth-order valence-corrected chi connectivity index (χ4v) is 2.19. The highest BCUT2D eigenvalue weighted by molar-refractivity contribution is 5.97. The monoisotopic (exact) mass is 341 g/mol. The first-order valence-electron chi connectivity index (χ1n) is 7.62. The van der Waals surface area contributed by atoms with E-state index in [4.69, 9.17) is 5.11 Å². The highest BCUT2D eigenvalue weighted by Crippen LogP contribution is 2.13. The summed E-state index contributed by atoms with van der Waals surface area (Å²) in [6.45, 7) is 6.72. The topological polar surface area (TPSA) is 131 Å². The number of aliphatic carboxylic acids is 1. The van der Waals surface area contributed by atoms with Gasteiger partial charge in [-0.3, -0.25) is 23.5 Å². The van der Waals surface area contributed by atoms with Crippen LogP contribution in [0.4, 0.5) is 0 Å². The van der Waals surface area contributed by atoms with Crippen LogP contribution in [-0.2, 0) is 17.9 Å². The number of hydrogen-bond acceptors (Lipinski definition) is 5. The third-order valence-corrected chi connectivity index (χ3v) is 3.12. The summed E-state index contributed by atoms with van der Waals surface area (Å²) in [5, 5.41) is 20.9. The Morgan fingerprint density at radius 1 is 1.04 bits per heavy atom. The standard InChI is InChI=1S/C15H23N3O6/c1-8(2)6-17-13(22)11(12(21)16-5-10(19)20)14(23)18(15(17)24)7-9(3)4/h8-9,22H,5-7H2,1-4H3,(H,16,21)(H,19,20). The third kappa shape index (κ3) is 4.46. The fraction of sp³-hybridized carbons (Fsp3) is 0.600. The Bertz CT molecular complexity index is 745. The molecule has 0 aliphatic heterocycles. The van der Waals surface area contributed by atoms with Crippen molar-refractivity contribution in [3.63, 3.8) is 0 Å². The molecule has 9 nitrogen and oxygen atoms in total. The van der Waals surface area contributed by atoms with E-state index in [-0.39, 0.29) is 24.9 Å². The van der Waals surface area contributed by atoms with E-state index in [1.54, 1.807) is 13.8 Å². The van der Waals surface area contributed by atoms with E-state index in [1.165, 1.54) is 0 Å². The first-order chi connectivity index (χ1) is 11.1. The quantitative estimate of drug-likeness (QED) is 0.632. The van der Waals surface area contributed by atoms with Crippen LogP contribution in [-0.4, -0.2) is 37.8 Å². The van der Waals surface area contributed by atoms with Gasteiger partial charge in [-0.15, -0.1) is 0 Å². The maximum Gasteiger partial charge on any atom is 0.333 e. The Labute approximate surface area is 138 Å². The molecule has 0 aliphatic carbocycles. The minimum absolute atomic E-state index is 0.0199. The Morgan fingerprint density at radius 3 is 2.00 bits per heavy atom. The average molecular weight is 341 g/mol. The van der Waals surface area contributed by atoms with Crippen LogP contribution in [0.3, 0.4) is 0 Å². The number of carboxylic acid groups (broad SMARTS) is 1. The lowest BCUT2D eigenvalue weighted by Crippen LogP contribution is -2.46. The molecule has 1 aromatic rings. The molecule has 1 amide bonds. The number of aromatic nitrogens is 2. The van der Waals surface area contributed by atoms with Gasteiger partial charge in [0.25, 0.3) is 11.5 Å². The van der Waals surface area contributed by atoms with E-state index in [0.29, 0.717) is 0 Å². The van der Waals surface area contributed by atoms with Gasteiger partial charge in [0.1, 0.15) is 6.54 Å². The van der Waals surface area contributed by atoms with E-state index in [2.05, 4.69) is 0 Å². The van der Waals surface area contributed by atoms with E-state index in [9.17, 15) is 24.3 Å². The van der Waals surface area contributed by atoms with Crippen molar-refractivity contribution in [3.8, 4) is 5.88 Å². The van der Waals surface area contributed by atoms with Crippen LogP contribution in [0.15, 0.2) is 9.59 Å². The number of hydrogen-bond donors (Lipinski definition) is 3. The number of carbonyl (C=O) groups is 2. The summed E-state index contributed by atoms with van der Waals surface area (Å²) >= 11 is 0. The number of aromatic hydroxyl groups is 1. The van der Waals surface area contributed by atoms with Crippen molar-refractivity contribution in [2.75, 3.05) is 6.54 Å². The highest BCUT2D eigenvalue weighted by Gasteiger charge is 2.25. The molecule has 9 heteroatoms. The van der Waals surface area contributed by atoms with Gasteiger partial charge in [-0.05, 0) is 11.8 Å². The zero-order valence-electron chi connectivity index (χ0n) is 14.2. The molecule has 0 bridgehead atoms. The van der Waals surface area contributed by atoms with Crippen LogP contribution >= 0.6 is 0 Å². The predicted octanol–water partition coefficient (Wildman–Crippen LogP) is -0.158. The number of carboxylic acids is 1. The van der Waals surface area contributed by atoms with Gasteiger partial charge >= 0.3 is 11.7 Å². The molecular formula is C15H23N3O6. The molecule has 0 radical (unpaired) electrons. The van der Waals surface area contributed by atoms with Gasteiger partial charge in [-0.1, -0.05) is 27.7 Å². The van der Waals surface area contributed by atoms with E-state index in [1.807, 2.05) is 19.2 Å². The normalized spacial score (nSPS) is 11.1. The SMILES string of the molecule is CC(C)Cn1c(O)c(C(=O)NCC(=O)O)c(=O)n(CC(C)C)c1=O. The van der Waals surface area contributed by atoms with Crippen LogP contribution in [0, 0.1) is 11.8 Å². The van der Waals surface area contributed by atoms with Crippen LogP contribution < -0.4 is 16.6 Å². The summed E-state index contributed by atoms with van der Waals surface area (Å²) < 4.78 is 1.85. The van der Waals surface area contributed by atoms with Crippen LogP contribution in [0.5, 0.6) is 5.88 Å². The van der Waals surface area contributed by atoms with Crippen molar-refractivity contribution < 1.29 is 19.8 Å². The Balaban J connectivity index is 3.56. The second-order valence-electron chi connectivity index (χ2n) is 6.37. The van der Waals surface area contributed by atoms with Crippen molar-refractivity contribution in [1.29, 1.82) is 0 Å². The van der Waals surface area contributed by atoms with Crippen molar-refractivity contribution in [3.05, 3.63) is 26.4 Å². The molecule has 134 valence electrons. The van der Waals surface area contributed by atoms with Gasteiger partial charge in [0.2, 0.25) is 5.88 Å². The molecule has 0 saturated heterocycles. The molecular weight excluding hydrogens is 318 g/mol. The van der Waals surface area contributed by atoms with Crippen LogP contribution in [0.25, 0.3) is 0 Å². The lowest BCUT2D eigenvalue weighted by atomic mass is 10.2. The van der Waals surface area contributed by atoms with E-state index in [0.717, 1.165) is 9.13 Å². The summed E-state index contributed by atoms with van der Waals surface area (Å²) in [6, 6.07) is 0. The van der Waals surface area contributed by atoms with Crippen LogP contribution in [0.2, 0.25) is 0 Å². The molecule has 0 aliphatic rings. The Morgan fingerprint density at radius 2 is 1.54 bits per heavy atom. The van der Waals surface area contributed by atoms with E-state index < -0.39 is 41.1 Å². The van der Waals surface area contributed by atoms with Gasteiger partial charge in [-0.25, -0.2) is 4.79 Å². The lowest BCUT2D eigenvalue weighted by Gasteiger charge is -2.17.